The Hall–Kier alpha value is -1.68. The molecule has 0 radical (unpaired) electrons. The first-order valence-corrected chi connectivity index (χ1v) is 7.41. The minimum atomic E-state index is 0.121. The number of aromatic nitrogens is 1. The Kier molecular flexibility index (Phi) is 3.60. The lowest BCUT2D eigenvalue weighted by molar-refractivity contribution is -0.121. The number of carbonyl (C=O) groups is 1. The second kappa shape index (κ2) is 5.53. The van der Waals surface area contributed by atoms with Crippen molar-refractivity contribution >= 4 is 27.5 Å². The Bertz CT molecular complexity index is 584. The fourth-order valence-electron chi connectivity index (χ4n) is 2.35. The van der Waals surface area contributed by atoms with Gasteiger partial charge >= 0.3 is 0 Å². The SMILES string of the molecule is O=C(C[C@@H]1C=CCC1)NCc1nc2ccccc2s1. The Balaban J connectivity index is 1.56. The van der Waals surface area contributed by atoms with Crippen LogP contribution in [0.1, 0.15) is 24.3 Å². The third kappa shape index (κ3) is 3.01. The molecule has 0 bridgehead atoms. The lowest BCUT2D eigenvalue weighted by atomic mass is 10.1. The molecule has 0 fully saturated rings. The standard InChI is InChI=1S/C15H16N2OS/c18-14(9-11-5-1-2-6-11)16-10-15-17-12-7-3-4-8-13(12)19-15/h1,3-5,7-8,11H,2,6,9-10H2,(H,16,18)/t11-/m1/s1. The molecule has 1 aliphatic rings. The summed E-state index contributed by atoms with van der Waals surface area (Å²) < 4.78 is 1.17. The van der Waals surface area contributed by atoms with Crippen LogP contribution in [-0.2, 0) is 11.3 Å². The predicted octanol–water partition coefficient (Wildman–Crippen LogP) is 3.27. The molecule has 3 rings (SSSR count). The molecule has 1 N–H and O–H groups in total. The number of hydrogen-bond acceptors (Lipinski definition) is 3. The Morgan fingerprint density at radius 1 is 1.42 bits per heavy atom. The van der Waals surface area contributed by atoms with Gasteiger partial charge in [0.1, 0.15) is 5.01 Å². The number of allylic oxidation sites excluding steroid dienone is 2. The molecule has 1 heterocycles. The van der Waals surface area contributed by atoms with Gasteiger partial charge in [0.25, 0.3) is 0 Å². The van der Waals surface area contributed by atoms with E-state index in [4.69, 9.17) is 0 Å². The monoisotopic (exact) mass is 272 g/mol. The molecule has 4 heteroatoms. The molecule has 1 aromatic heterocycles. The molecular formula is C15H16N2OS. The molecular weight excluding hydrogens is 256 g/mol. The van der Waals surface area contributed by atoms with Crippen molar-refractivity contribution in [2.75, 3.05) is 0 Å². The van der Waals surface area contributed by atoms with Crippen LogP contribution in [0, 0.1) is 5.92 Å². The molecule has 0 spiro atoms. The zero-order chi connectivity index (χ0) is 13.1. The zero-order valence-corrected chi connectivity index (χ0v) is 11.5. The van der Waals surface area contributed by atoms with Crippen LogP contribution in [0.3, 0.4) is 0 Å². The summed E-state index contributed by atoms with van der Waals surface area (Å²) in [6, 6.07) is 8.05. The summed E-state index contributed by atoms with van der Waals surface area (Å²) in [4.78, 5) is 16.3. The van der Waals surface area contributed by atoms with Gasteiger partial charge in [0.2, 0.25) is 5.91 Å². The molecule has 3 nitrogen and oxygen atoms in total. The molecule has 1 aliphatic carbocycles. The van der Waals surface area contributed by atoms with Crippen molar-refractivity contribution in [1.82, 2.24) is 10.3 Å². The largest absolute Gasteiger partial charge is 0.350 e. The highest BCUT2D eigenvalue weighted by atomic mass is 32.1. The third-order valence-corrected chi connectivity index (χ3v) is 4.37. The van der Waals surface area contributed by atoms with Gasteiger partial charge in [0, 0.05) is 6.42 Å². The number of amides is 1. The van der Waals surface area contributed by atoms with E-state index in [1.165, 1.54) is 4.70 Å². The lowest BCUT2D eigenvalue weighted by Gasteiger charge is -2.07. The Morgan fingerprint density at radius 3 is 3.11 bits per heavy atom. The molecule has 0 aliphatic heterocycles. The Labute approximate surface area is 116 Å². The van der Waals surface area contributed by atoms with E-state index in [1.807, 2.05) is 18.2 Å². The van der Waals surface area contributed by atoms with Gasteiger partial charge in [-0.05, 0) is 30.9 Å². The second-order valence-corrected chi connectivity index (χ2v) is 5.94. The lowest BCUT2D eigenvalue weighted by Crippen LogP contribution is -2.24. The number of nitrogens with zero attached hydrogens (tertiary/aromatic N) is 1. The Morgan fingerprint density at radius 2 is 2.32 bits per heavy atom. The summed E-state index contributed by atoms with van der Waals surface area (Å²) in [5.41, 5.74) is 1.01. The summed E-state index contributed by atoms with van der Waals surface area (Å²) in [5, 5.41) is 3.93. The van der Waals surface area contributed by atoms with Crippen molar-refractivity contribution in [2.45, 2.75) is 25.8 Å². The summed E-state index contributed by atoms with van der Waals surface area (Å²) in [6.45, 7) is 0.536. The molecule has 0 unspecified atom stereocenters. The molecule has 0 saturated heterocycles. The van der Waals surface area contributed by atoms with Crippen molar-refractivity contribution in [1.29, 1.82) is 0 Å². The molecule has 19 heavy (non-hydrogen) atoms. The number of hydrogen-bond donors (Lipinski definition) is 1. The van der Waals surface area contributed by atoms with E-state index in [2.05, 4.69) is 28.5 Å². The van der Waals surface area contributed by atoms with Crippen molar-refractivity contribution in [3.05, 3.63) is 41.4 Å². The van der Waals surface area contributed by atoms with Crippen LogP contribution in [-0.4, -0.2) is 10.9 Å². The third-order valence-electron chi connectivity index (χ3n) is 3.33. The maximum Gasteiger partial charge on any atom is 0.220 e. The van der Waals surface area contributed by atoms with Gasteiger partial charge < -0.3 is 5.32 Å². The van der Waals surface area contributed by atoms with Crippen LogP contribution < -0.4 is 5.32 Å². The van der Waals surface area contributed by atoms with Crippen LogP contribution in [0.2, 0.25) is 0 Å². The van der Waals surface area contributed by atoms with Gasteiger partial charge in [0.15, 0.2) is 0 Å². The number of benzene rings is 1. The van der Waals surface area contributed by atoms with Gasteiger partial charge in [-0.25, -0.2) is 4.98 Å². The average Bonchev–Trinajstić information content (AvgIpc) is 3.04. The van der Waals surface area contributed by atoms with Crippen LogP contribution in [0.15, 0.2) is 36.4 Å². The fraction of sp³-hybridized carbons (Fsp3) is 0.333. The minimum Gasteiger partial charge on any atom is -0.350 e. The highest BCUT2D eigenvalue weighted by Gasteiger charge is 2.14. The van der Waals surface area contributed by atoms with E-state index in [-0.39, 0.29) is 5.91 Å². The molecule has 1 aromatic carbocycles. The highest BCUT2D eigenvalue weighted by molar-refractivity contribution is 7.18. The van der Waals surface area contributed by atoms with E-state index >= 15 is 0 Å². The van der Waals surface area contributed by atoms with Crippen LogP contribution in [0.4, 0.5) is 0 Å². The first kappa shape index (κ1) is 12.4. The number of nitrogens with one attached hydrogen (secondary N) is 1. The summed E-state index contributed by atoms with van der Waals surface area (Å²) in [5.74, 6) is 0.547. The highest BCUT2D eigenvalue weighted by Crippen LogP contribution is 2.22. The number of carbonyl (C=O) groups excluding carboxylic acids is 1. The molecule has 0 saturated carbocycles. The van der Waals surface area contributed by atoms with E-state index in [1.54, 1.807) is 11.3 Å². The summed E-state index contributed by atoms with van der Waals surface area (Å²) in [7, 11) is 0. The number of fused-ring (bicyclic) bond motifs is 1. The topological polar surface area (TPSA) is 42.0 Å². The van der Waals surface area contributed by atoms with Crippen molar-refractivity contribution in [2.24, 2.45) is 5.92 Å². The average molecular weight is 272 g/mol. The maximum atomic E-state index is 11.8. The van der Waals surface area contributed by atoms with Crippen molar-refractivity contribution in [3.63, 3.8) is 0 Å². The van der Waals surface area contributed by atoms with E-state index in [0.29, 0.717) is 18.9 Å². The fourth-order valence-corrected chi connectivity index (χ4v) is 3.25. The normalized spacial score (nSPS) is 18.0. The van der Waals surface area contributed by atoms with E-state index in [9.17, 15) is 4.79 Å². The summed E-state index contributed by atoms with van der Waals surface area (Å²) in [6.07, 6.45) is 7.12. The van der Waals surface area contributed by atoms with Crippen molar-refractivity contribution in [3.8, 4) is 0 Å². The predicted molar refractivity (Wildman–Crippen MR) is 77.9 cm³/mol. The molecule has 2 aromatic rings. The quantitative estimate of drug-likeness (QED) is 0.868. The van der Waals surface area contributed by atoms with Gasteiger partial charge in [-0.3, -0.25) is 4.79 Å². The number of rotatable bonds is 4. The van der Waals surface area contributed by atoms with Crippen LogP contribution in [0.5, 0.6) is 0 Å². The second-order valence-electron chi connectivity index (χ2n) is 4.82. The minimum absolute atomic E-state index is 0.121. The van der Waals surface area contributed by atoms with Gasteiger partial charge in [-0.15, -0.1) is 11.3 Å². The maximum absolute atomic E-state index is 11.8. The van der Waals surface area contributed by atoms with Gasteiger partial charge in [0.05, 0.1) is 16.8 Å². The first-order chi connectivity index (χ1) is 9.31. The van der Waals surface area contributed by atoms with Crippen molar-refractivity contribution < 1.29 is 4.79 Å². The number of thiazole rings is 1. The zero-order valence-electron chi connectivity index (χ0n) is 10.6. The van der Waals surface area contributed by atoms with Gasteiger partial charge in [-0.1, -0.05) is 24.3 Å². The summed E-state index contributed by atoms with van der Waals surface area (Å²) >= 11 is 1.64. The van der Waals surface area contributed by atoms with E-state index < -0.39 is 0 Å². The van der Waals surface area contributed by atoms with Gasteiger partial charge in [-0.2, -0.15) is 0 Å². The molecule has 98 valence electrons. The molecule has 1 amide bonds. The van der Waals surface area contributed by atoms with E-state index in [0.717, 1.165) is 23.4 Å². The van der Waals surface area contributed by atoms with Crippen LogP contribution in [0.25, 0.3) is 10.2 Å². The number of para-hydroxylation sites is 1. The molecule has 1 atom stereocenters. The first-order valence-electron chi connectivity index (χ1n) is 6.59. The van der Waals surface area contributed by atoms with Crippen LogP contribution >= 0.6 is 11.3 Å². The smallest absolute Gasteiger partial charge is 0.220 e.